The molecular weight excluding hydrogens is 130 g/mol. The summed E-state index contributed by atoms with van der Waals surface area (Å²) in [5, 5.41) is 11.2. The minimum Gasteiger partial charge on any atom is -0.396 e. The van der Waals surface area contributed by atoms with Crippen LogP contribution in [0.1, 0.15) is 13.3 Å². The van der Waals surface area contributed by atoms with Crippen molar-refractivity contribution >= 4 is 5.91 Å². The normalized spacial score (nSPS) is 18.0. The van der Waals surface area contributed by atoms with Gasteiger partial charge in [0.05, 0.1) is 0 Å². The highest BCUT2D eigenvalue weighted by atomic mass is 16.3. The number of amides is 1. The average Bonchev–Trinajstić information content (AvgIpc) is 2.20. The third kappa shape index (κ3) is 1.19. The van der Waals surface area contributed by atoms with Crippen LogP contribution in [0.3, 0.4) is 0 Å². The van der Waals surface area contributed by atoms with Crippen molar-refractivity contribution in [2.45, 2.75) is 13.3 Å². The van der Waals surface area contributed by atoms with E-state index >= 15 is 0 Å². The Bertz CT molecular complexity index is 184. The average molecular weight is 141 g/mol. The predicted octanol–water partition coefficient (Wildman–Crippen LogP) is -0.185. The number of rotatable bonds is 2. The molecule has 1 rings (SSSR count). The first-order chi connectivity index (χ1) is 4.75. The standard InChI is InChI=1S/C7H11NO2/c1-5-6(2-3-9)4-8-7(5)10/h9H,2-4H2,1H3,(H,8,10). The van der Waals surface area contributed by atoms with Gasteiger partial charge in [0.1, 0.15) is 0 Å². The molecule has 0 saturated carbocycles. The maximum absolute atomic E-state index is 10.8. The molecule has 1 aliphatic rings. The van der Waals surface area contributed by atoms with Crippen molar-refractivity contribution in [2.75, 3.05) is 13.2 Å². The molecule has 2 N–H and O–H groups in total. The zero-order valence-corrected chi connectivity index (χ0v) is 5.98. The summed E-state index contributed by atoms with van der Waals surface area (Å²) in [5.41, 5.74) is 1.81. The van der Waals surface area contributed by atoms with Crippen LogP contribution in [0.15, 0.2) is 11.1 Å². The zero-order valence-electron chi connectivity index (χ0n) is 5.98. The summed E-state index contributed by atoms with van der Waals surface area (Å²) in [6.07, 6.45) is 0.616. The maximum atomic E-state index is 10.8. The summed E-state index contributed by atoms with van der Waals surface area (Å²) >= 11 is 0. The Morgan fingerprint density at radius 1 is 1.70 bits per heavy atom. The number of aliphatic hydroxyl groups excluding tert-OH is 1. The molecule has 3 nitrogen and oxygen atoms in total. The van der Waals surface area contributed by atoms with E-state index in [2.05, 4.69) is 5.32 Å². The Labute approximate surface area is 59.7 Å². The summed E-state index contributed by atoms with van der Waals surface area (Å²) < 4.78 is 0. The Morgan fingerprint density at radius 3 is 2.80 bits per heavy atom. The lowest BCUT2D eigenvalue weighted by Crippen LogP contribution is -2.16. The third-order valence-corrected chi connectivity index (χ3v) is 1.75. The van der Waals surface area contributed by atoms with Crippen LogP contribution in [-0.2, 0) is 4.79 Å². The van der Waals surface area contributed by atoms with Crippen molar-refractivity contribution in [2.24, 2.45) is 0 Å². The largest absolute Gasteiger partial charge is 0.396 e. The summed E-state index contributed by atoms with van der Waals surface area (Å²) in [4.78, 5) is 10.8. The Balaban J connectivity index is 2.65. The highest BCUT2D eigenvalue weighted by Crippen LogP contribution is 2.12. The highest BCUT2D eigenvalue weighted by molar-refractivity contribution is 5.96. The maximum Gasteiger partial charge on any atom is 0.247 e. The third-order valence-electron chi connectivity index (χ3n) is 1.75. The lowest BCUT2D eigenvalue weighted by molar-refractivity contribution is -0.116. The van der Waals surface area contributed by atoms with Crippen LogP contribution < -0.4 is 5.32 Å². The van der Waals surface area contributed by atoms with Gasteiger partial charge in [-0.25, -0.2) is 0 Å². The van der Waals surface area contributed by atoms with Gasteiger partial charge in [-0.2, -0.15) is 0 Å². The minimum atomic E-state index is 0.00319. The van der Waals surface area contributed by atoms with Crippen molar-refractivity contribution < 1.29 is 9.90 Å². The molecular formula is C7H11NO2. The van der Waals surface area contributed by atoms with Gasteiger partial charge in [-0.05, 0) is 18.9 Å². The molecule has 0 saturated heterocycles. The van der Waals surface area contributed by atoms with Gasteiger partial charge in [0.25, 0.3) is 0 Å². The lowest BCUT2D eigenvalue weighted by atomic mass is 10.1. The molecule has 1 amide bonds. The van der Waals surface area contributed by atoms with E-state index in [1.807, 2.05) is 0 Å². The molecule has 0 radical (unpaired) electrons. The van der Waals surface area contributed by atoms with E-state index in [9.17, 15) is 4.79 Å². The monoisotopic (exact) mass is 141 g/mol. The fourth-order valence-electron chi connectivity index (χ4n) is 1.02. The fourth-order valence-corrected chi connectivity index (χ4v) is 1.02. The van der Waals surface area contributed by atoms with E-state index in [0.717, 1.165) is 11.1 Å². The zero-order chi connectivity index (χ0) is 7.56. The van der Waals surface area contributed by atoms with Crippen molar-refractivity contribution in [3.8, 4) is 0 Å². The predicted molar refractivity (Wildman–Crippen MR) is 37.4 cm³/mol. The molecule has 1 aliphatic heterocycles. The van der Waals surface area contributed by atoms with Gasteiger partial charge in [0.15, 0.2) is 0 Å². The second-order valence-corrected chi connectivity index (χ2v) is 2.38. The van der Waals surface area contributed by atoms with Gasteiger partial charge < -0.3 is 10.4 Å². The summed E-state index contributed by atoms with van der Waals surface area (Å²) in [6.45, 7) is 2.53. The van der Waals surface area contributed by atoms with Crippen LogP contribution in [0.5, 0.6) is 0 Å². The molecule has 0 aromatic rings. The van der Waals surface area contributed by atoms with E-state index in [4.69, 9.17) is 5.11 Å². The first-order valence-corrected chi connectivity index (χ1v) is 3.33. The highest BCUT2D eigenvalue weighted by Gasteiger charge is 2.16. The number of carbonyl (C=O) groups excluding carboxylic acids is 1. The van der Waals surface area contributed by atoms with Gasteiger partial charge in [-0.3, -0.25) is 4.79 Å². The van der Waals surface area contributed by atoms with Crippen LogP contribution in [-0.4, -0.2) is 24.2 Å². The Kier molecular flexibility index (Phi) is 2.06. The van der Waals surface area contributed by atoms with Crippen LogP contribution in [0, 0.1) is 0 Å². The molecule has 0 aromatic carbocycles. The van der Waals surface area contributed by atoms with Crippen LogP contribution >= 0.6 is 0 Å². The van der Waals surface area contributed by atoms with E-state index in [-0.39, 0.29) is 12.5 Å². The van der Waals surface area contributed by atoms with Crippen LogP contribution in [0.4, 0.5) is 0 Å². The quantitative estimate of drug-likeness (QED) is 0.560. The number of hydrogen-bond donors (Lipinski definition) is 2. The Morgan fingerprint density at radius 2 is 2.40 bits per heavy atom. The molecule has 0 aromatic heterocycles. The number of carbonyl (C=O) groups is 1. The van der Waals surface area contributed by atoms with Gasteiger partial charge in [0.2, 0.25) is 5.91 Å². The summed E-state index contributed by atoms with van der Waals surface area (Å²) in [6, 6.07) is 0. The molecule has 56 valence electrons. The summed E-state index contributed by atoms with van der Waals surface area (Å²) in [7, 11) is 0. The van der Waals surface area contributed by atoms with Crippen LogP contribution in [0.25, 0.3) is 0 Å². The fraction of sp³-hybridized carbons (Fsp3) is 0.571. The molecule has 1 heterocycles. The smallest absolute Gasteiger partial charge is 0.247 e. The molecule has 0 atom stereocenters. The second-order valence-electron chi connectivity index (χ2n) is 2.38. The SMILES string of the molecule is CC1=C(CCO)CNC1=O. The molecule has 10 heavy (non-hydrogen) atoms. The van der Waals surface area contributed by atoms with E-state index in [0.29, 0.717) is 13.0 Å². The van der Waals surface area contributed by atoms with Crippen molar-refractivity contribution in [1.82, 2.24) is 5.32 Å². The molecule has 0 aliphatic carbocycles. The van der Waals surface area contributed by atoms with Gasteiger partial charge in [-0.1, -0.05) is 0 Å². The van der Waals surface area contributed by atoms with E-state index in [1.54, 1.807) is 6.92 Å². The first kappa shape index (κ1) is 7.28. The van der Waals surface area contributed by atoms with E-state index in [1.165, 1.54) is 0 Å². The Hall–Kier alpha value is -0.830. The van der Waals surface area contributed by atoms with E-state index < -0.39 is 0 Å². The summed E-state index contributed by atoms with van der Waals surface area (Å²) in [5.74, 6) is 0.00319. The van der Waals surface area contributed by atoms with Crippen LogP contribution in [0.2, 0.25) is 0 Å². The first-order valence-electron chi connectivity index (χ1n) is 3.33. The number of nitrogens with one attached hydrogen (secondary N) is 1. The molecule has 0 fully saturated rings. The molecule has 0 bridgehead atoms. The van der Waals surface area contributed by atoms with Gasteiger partial charge in [-0.15, -0.1) is 0 Å². The molecule has 0 unspecified atom stereocenters. The van der Waals surface area contributed by atoms with Crippen molar-refractivity contribution in [3.63, 3.8) is 0 Å². The van der Waals surface area contributed by atoms with Crippen molar-refractivity contribution in [1.29, 1.82) is 0 Å². The number of aliphatic hydroxyl groups is 1. The van der Waals surface area contributed by atoms with Crippen molar-refractivity contribution in [3.05, 3.63) is 11.1 Å². The molecule has 0 spiro atoms. The molecule has 3 heteroatoms. The topological polar surface area (TPSA) is 49.3 Å². The van der Waals surface area contributed by atoms with Gasteiger partial charge in [0, 0.05) is 18.7 Å². The lowest BCUT2D eigenvalue weighted by Gasteiger charge is -1.95. The minimum absolute atomic E-state index is 0.00319. The number of hydrogen-bond acceptors (Lipinski definition) is 2. The second kappa shape index (κ2) is 2.84. The van der Waals surface area contributed by atoms with Gasteiger partial charge >= 0.3 is 0 Å².